The van der Waals surface area contributed by atoms with Crippen molar-refractivity contribution < 1.29 is 23.5 Å². The van der Waals surface area contributed by atoms with E-state index in [1.807, 2.05) is 26.8 Å². The predicted molar refractivity (Wildman–Crippen MR) is 117 cm³/mol. The summed E-state index contributed by atoms with van der Waals surface area (Å²) in [6.07, 6.45) is 3.74. The highest BCUT2D eigenvalue weighted by atomic mass is 19.1. The molecule has 170 valence electrons. The third-order valence-electron chi connectivity index (χ3n) is 5.89. The number of rotatable bonds is 3. The molecule has 0 radical (unpaired) electrons. The molecule has 1 aromatic carbocycles. The molecular formula is C24H28FN3O4. The van der Waals surface area contributed by atoms with Gasteiger partial charge in [0.25, 0.3) is 0 Å². The van der Waals surface area contributed by atoms with Crippen molar-refractivity contribution in [1.82, 2.24) is 9.88 Å². The van der Waals surface area contributed by atoms with E-state index in [0.29, 0.717) is 42.4 Å². The highest BCUT2D eigenvalue weighted by Crippen LogP contribution is 2.37. The Morgan fingerprint density at radius 3 is 2.56 bits per heavy atom. The molecule has 1 atom stereocenters. The minimum atomic E-state index is -0.675. The quantitative estimate of drug-likeness (QED) is 0.779. The summed E-state index contributed by atoms with van der Waals surface area (Å²) in [6, 6.07) is 5.98. The number of likely N-dealkylation sites (tertiary alicyclic amines) is 1. The van der Waals surface area contributed by atoms with Crippen molar-refractivity contribution in [3.05, 3.63) is 47.4 Å². The van der Waals surface area contributed by atoms with Crippen LogP contribution in [0.5, 0.6) is 5.75 Å². The number of primary amides is 1. The van der Waals surface area contributed by atoms with E-state index < -0.39 is 17.3 Å². The van der Waals surface area contributed by atoms with Gasteiger partial charge in [0.15, 0.2) is 0 Å². The molecule has 1 saturated heterocycles. The number of hydrogen-bond acceptors (Lipinski definition) is 5. The van der Waals surface area contributed by atoms with Gasteiger partial charge < -0.3 is 20.1 Å². The number of pyridine rings is 1. The largest absolute Gasteiger partial charge is 0.488 e. The van der Waals surface area contributed by atoms with Crippen LogP contribution in [0.4, 0.5) is 9.18 Å². The van der Waals surface area contributed by atoms with Crippen LogP contribution in [0.3, 0.4) is 0 Å². The lowest BCUT2D eigenvalue weighted by atomic mass is 9.89. The molecule has 3 heterocycles. The van der Waals surface area contributed by atoms with Crippen molar-refractivity contribution in [2.24, 2.45) is 11.7 Å². The highest BCUT2D eigenvalue weighted by Gasteiger charge is 2.35. The molecule has 7 nitrogen and oxygen atoms in total. The van der Waals surface area contributed by atoms with Gasteiger partial charge in [0, 0.05) is 36.2 Å². The van der Waals surface area contributed by atoms with E-state index >= 15 is 0 Å². The summed E-state index contributed by atoms with van der Waals surface area (Å²) in [5, 5.41) is 0. The maximum atomic E-state index is 14.5. The van der Waals surface area contributed by atoms with Gasteiger partial charge in [-0.25, -0.2) is 9.18 Å². The van der Waals surface area contributed by atoms with Gasteiger partial charge in [0.05, 0.1) is 11.9 Å². The second-order valence-corrected chi connectivity index (χ2v) is 9.40. The van der Waals surface area contributed by atoms with Crippen LogP contribution in [0, 0.1) is 11.7 Å². The zero-order valence-corrected chi connectivity index (χ0v) is 18.6. The zero-order valence-electron chi connectivity index (χ0n) is 18.6. The second-order valence-electron chi connectivity index (χ2n) is 9.40. The number of hydrogen-bond donors (Lipinski definition) is 1. The predicted octanol–water partition coefficient (Wildman–Crippen LogP) is 3.94. The van der Waals surface area contributed by atoms with Gasteiger partial charge in [-0.05, 0) is 63.8 Å². The van der Waals surface area contributed by atoms with E-state index in [1.54, 1.807) is 11.1 Å². The van der Waals surface area contributed by atoms with Crippen molar-refractivity contribution in [2.45, 2.75) is 51.7 Å². The van der Waals surface area contributed by atoms with E-state index in [4.69, 9.17) is 15.2 Å². The SMILES string of the molecule is CC(C)(C)OC(=O)N1CCC(C2Cc3cc(-c4ccc(C(N)=O)cc4F)ncc3O2)CC1. The Balaban J connectivity index is 1.40. The number of halogens is 1. The number of nitrogens with two attached hydrogens (primary N) is 1. The summed E-state index contributed by atoms with van der Waals surface area (Å²) in [5.41, 5.74) is 6.61. The van der Waals surface area contributed by atoms with E-state index in [1.165, 1.54) is 12.1 Å². The number of carbonyl (C=O) groups excluding carboxylic acids is 2. The average Bonchev–Trinajstić information content (AvgIpc) is 3.16. The third kappa shape index (κ3) is 4.69. The van der Waals surface area contributed by atoms with Crippen LogP contribution in [0.15, 0.2) is 30.5 Å². The van der Waals surface area contributed by atoms with Gasteiger partial charge in [-0.1, -0.05) is 0 Å². The second kappa shape index (κ2) is 8.41. The van der Waals surface area contributed by atoms with E-state index in [-0.39, 0.29) is 17.8 Å². The molecule has 1 aromatic heterocycles. The standard InChI is InChI=1S/C24H28FN3O4/c1-24(2,3)32-23(30)28-8-6-14(7-9-28)20-12-16-11-19(27-13-21(16)31-20)17-5-4-15(22(26)29)10-18(17)25/h4-5,10-11,13-14,20H,6-9,12H2,1-3H3,(H2,26,29). The smallest absolute Gasteiger partial charge is 0.410 e. The third-order valence-corrected chi connectivity index (χ3v) is 5.89. The molecule has 8 heteroatoms. The summed E-state index contributed by atoms with van der Waals surface area (Å²) < 4.78 is 26.1. The number of benzene rings is 1. The van der Waals surface area contributed by atoms with E-state index in [0.717, 1.165) is 24.5 Å². The van der Waals surface area contributed by atoms with Gasteiger partial charge in [0.1, 0.15) is 23.3 Å². The summed E-state index contributed by atoms with van der Waals surface area (Å²) in [4.78, 5) is 29.6. The maximum absolute atomic E-state index is 14.5. The van der Waals surface area contributed by atoms with E-state index in [2.05, 4.69) is 4.98 Å². The first kappa shape index (κ1) is 22.0. The van der Waals surface area contributed by atoms with E-state index in [9.17, 15) is 14.0 Å². The Bertz CT molecular complexity index is 1040. The molecule has 0 aliphatic carbocycles. The fraction of sp³-hybridized carbons (Fsp3) is 0.458. The molecular weight excluding hydrogens is 413 g/mol. The van der Waals surface area contributed by atoms with Crippen molar-refractivity contribution in [3.8, 4) is 17.0 Å². The Kier molecular flexibility index (Phi) is 5.79. The van der Waals surface area contributed by atoms with Crippen LogP contribution in [0.1, 0.15) is 49.5 Å². The number of nitrogens with zero attached hydrogens (tertiary/aromatic N) is 2. The first-order valence-electron chi connectivity index (χ1n) is 10.8. The molecule has 1 unspecified atom stereocenters. The number of aromatic nitrogens is 1. The summed E-state index contributed by atoms with van der Waals surface area (Å²) in [7, 11) is 0. The normalized spacial score (nSPS) is 18.8. The van der Waals surface area contributed by atoms with Gasteiger partial charge >= 0.3 is 6.09 Å². The topological polar surface area (TPSA) is 94.8 Å². The number of carbonyl (C=O) groups is 2. The molecule has 2 aliphatic heterocycles. The molecule has 32 heavy (non-hydrogen) atoms. The Labute approximate surface area is 186 Å². The average molecular weight is 442 g/mol. The molecule has 2 aliphatic rings. The van der Waals surface area contributed by atoms with Crippen LogP contribution in [0.25, 0.3) is 11.3 Å². The van der Waals surface area contributed by atoms with Crippen LogP contribution in [0.2, 0.25) is 0 Å². The minimum absolute atomic E-state index is 0.00456. The molecule has 2 aromatic rings. The first-order chi connectivity index (χ1) is 15.1. The zero-order chi connectivity index (χ0) is 23.0. The number of ether oxygens (including phenoxy) is 2. The maximum Gasteiger partial charge on any atom is 0.410 e. The lowest BCUT2D eigenvalue weighted by Crippen LogP contribution is -2.44. The van der Waals surface area contributed by atoms with Gasteiger partial charge in [-0.3, -0.25) is 9.78 Å². The lowest BCUT2D eigenvalue weighted by Gasteiger charge is -2.35. The number of amides is 2. The summed E-state index contributed by atoms with van der Waals surface area (Å²) in [6.45, 7) is 6.86. The molecule has 1 fully saturated rings. The first-order valence-corrected chi connectivity index (χ1v) is 10.8. The molecule has 2 N–H and O–H groups in total. The van der Waals surface area contributed by atoms with Crippen LogP contribution in [-0.4, -0.2) is 46.7 Å². The Hall–Kier alpha value is -3.16. The van der Waals surface area contributed by atoms with Crippen molar-refractivity contribution in [2.75, 3.05) is 13.1 Å². The van der Waals surface area contributed by atoms with Gasteiger partial charge in [-0.15, -0.1) is 0 Å². The molecule has 2 amide bonds. The van der Waals surface area contributed by atoms with Crippen LogP contribution >= 0.6 is 0 Å². The van der Waals surface area contributed by atoms with Gasteiger partial charge in [0.2, 0.25) is 5.91 Å². The fourth-order valence-corrected chi connectivity index (χ4v) is 4.24. The fourth-order valence-electron chi connectivity index (χ4n) is 4.24. The monoisotopic (exact) mass is 441 g/mol. The minimum Gasteiger partial charge on any atom is -0.488 e. The molecule has 0 saturated carbocycles. The summed E-state index contributed by atoms with van der Waals surface area (Å²) >= 11 is 0. The number of piperidine rings is 1. The highest BCUT2D eigenvalue weighted by molar-refractivity contribution is 5.93. The van der Waals surface area contributed by atoms with Crippen molar-refractivity contribution in [1.29, 1.82) is 0 Å². The molecule has 4 rings (SSSR count). The van der Waals surface area contributed by atoms with Crippen molar-refractivity contribution in [3.63, 3.8) is 0 Å². The number of fused-ring (bicyclic) bond motifs is 1. The van der Waals surface area contributed by atoms with Gasteiger partial charge in [-0.2, -0.15) is 0 Å². The molecule has 0 spiro atoms. The Morgan fingerprint density at radius 2 is 1.94 bits per heavy atom. The molecule has 0 bridgehead atoms. The van der Waals surface area contributed by atoms with Crippen molar-refractivity contribution >= 4 is 12.0 Å². The summed E-state index contributed by atoms with van der Waals surface area (Å²) in [5.74, 6) is -0.191. The van der Waals surface area contributed by atoms with Crippen LogP contribution < -0.4 is 10.5 Å². The Morgan fingerprint density at radius 1 is 1.22 bits per heavy atom. The van der Waals surface area contributed by atoms with Crippen LogP contribution in [-0.2, 0) is 11.2 Å². The lowest BCUT2D eigenvalue weighted by molar-refractivity contribution is 0.0123.